The molecule has 172 valence electrons. The summed E-state index contributed by atoms with van der Waals surface area (Å²) in [4.78, 5) is 27.0. The number of nitro benzene ring substituents is 1. The SMILES string of the molecule is Cc1ccccc1C1=N/C(=C\c2ccccc2Oc2ccc(C(F)(F)F)cc2[N+](=O)[O-])C(=O)O1. The van der Waals surface area contributed by atoms with Crippen molar-refractivity contribution in [2.45, 2.75) is 13.1 Å². The monoisotopic (exact) mass is 468 g/mol. The highest BCUT2D eigenvalue weighted by atomic mass is 19.4. The summed E-state index contributed by atoms with van der Waals surface area (Å²) in [5, 5.41) is 11.4. The number of hydrogen-bond acceptors (Lipinski definition) is 6. The molecule has 0 saturated heterocycles. The Bertz CT molecular complexity index is 1360. The maximum absolute atomic E-state index is 13.0. The van der Waals surface area contributed by atoms with E-state index in [1.165, 1.54) is 12.1 Å². The summed E-state index contributed by atoms with van der Waals surface area (Å²) in [5.74, 6) is -0.883. The number of carbonyl (C=O) groups excluding carboxylic acids is 1. The highest BCUT2D eigenvalue weighted by Gasteiger charge is 2.33. The summed E-state index contributed by atoms with van der Waals surface area (Å²) < 4.78 is 49.8. The van der Waals surface area contributed by atoms with Gasteiger partial charge in [0.2, 0.25) is 11.6 Å². The number of cyclic esters (lactones) is 1. The fraction of sp³-hybridized carbons (Fsp3) is 0.0833. The average Bonchev–Trinajstić information content (AvgIpc) is 3.14. The molecule has 0 aliphatic carbocycles. The molecule has 0 amide bonds. The normalized spacial score (nSPS) is 14.6. The summed E-state index contributed by atoms with van der Waals surface area (Å²) in [6, 6.07) is 15.4. The lowest BCUT2D eigenvalue weighted by Crippen LogP contribution is -2.06. The fourth-order valence-corrected chi connectivity index (χ4v) is 3.22. The Hall–Kier alpha value is -4.47. The number of aliphatic imine (C=N–C) groups is 1. The van der Waals surface area contributed by atoms with Crippen LogP contribution in [0.2, 0.25) is 0 Å². The van der Waals surface area contributed by atoms with Crippen molar-refractivity contribution in [1.82, 2.24) is 0 Å². The van der Waals surface area contributed by atoms with Gasteiger partial charge in [-0.15, -0.1) is 0 Å². The lowest BCUT2D eigenvalue weighted by Gasteiger charge is -2.11. The van der Waals surface area contributed by atoms with E-state index in [2.05, 4.69) is 4.99 Å². The summed E-state index contributed by atoms with van der Waals surface area (Å²) in [7, 11) is 0. The molecule has 0 atom stereocenters. The Kier molecular flexibility index (Phi) is 5.89. The van der Waals surface area contributed by atoms with E-state index in [4.69, 9.17) is 9.47 Å². The molecule has 3 aromatic carbocycles. The molecule has 1 aliphatic heterocycles. The molecule has 0 fully saturated rings. The van der Waals surface area contributed by atoms with Gasteiger partial charge in [-0.1, -0.05) is 36.4 Å². The van der Waals surface area contributed by atoms with Crippen molar-refractivity contribution in [3.8, 4) is 11.5 Å². The van der Waals surface area contributed by atoms with Crippen LogP contribution in [0.25, 0.3) is 6.08 Å². The first-order chi connectivity index (χ1) is 16.1. The number of nitrogens with zero attached hydrogens (tertiary/aromatic N) is 2. The first kappa shape index (κ1) is 22.7. The second kappa shape index (κ2) is 8.81. The van der Waals surface area contributed by atoms with E-state index < -0.39 is 28.3 Å². The van der Waals surface area contributed by atoms with Crippen molar-refractivity contribution >= 4 is 23.6 Å². The molecule has 10 heteroatoms. The molecule has 1 heterocycles. The third-order valence-corrected chi connectivity index (χ3v) is 4.91. The van der Waals surface area contributed by atoms with Crippen molar-refractivity contribution in [3.05, 3.63) is 105 Å². The number of para-hydroxylation sites is 1. The largest absolute Gasteiger partial charge is 0.449 e. The van der Waals surface area contributed by atoms with Gasteiger partial charge in [0.1, 0.15) is 5.75 Å². The van der Waals surface area contributed by atoms with Gasteiger partial charge in [0.25, 0.3) is 0 Å². The van der Waals surface area contributed by atoms with Crippen LogP contribution in [0.1, 0.15) is 22.3 Å². The van der Waals surface area contributed by atoms with Gasteiger partial charge in [-0.05, 0) is 42.8 Å². The number of benzene rings is 3. The third-order valence-electron chi connectivity index (χ3n) is 4.91. The van der Waals surface area contributed by atoms with Crippen LogP contribution in [0.15, 0.2) is 77.4 Å². The molecule has 7 nitrogen and oxygen atoms in total. The first-order valence-corrected chi connectivity index (χ1v) is 9.84. The molecule has 0 N–H and O–H groups in total. The van der Waals surface area contributed by atoms with E-state index >= 15 is 0 Å². The zero-order valence-corrected chi connectivity index (χ0v) is 17.5. The Balaban J connectivity index is 1.70. The Labute approximate surface area is 190 Å². The standard InChI is InChI=1S/C24H15F3N2O5/c1-14-6-2-4-8-17(14)22-28-18(23(30)34-22)12-15-7-3-5-9-20(15)33-21-11-10-16(24(25,26)27)13-19(21)29(31)32/h2-13H,1H3/b18-12-. The van der Waals surface area contributed by atoms with Gasteiger partial charge in [-0.2, -0.15) is 13.2 Å². The Morgan fingerprint density at radius 1 is 1.03 bits per heavy atom. The zero-order chi connectivity index (χ0) is 24.5. The van der Waals surface area contributed by atoms with Crippen molar-refractivity contribution in [2.24, 2.45) is 4.99 Å². The predicted molar refractivity (Wildman–Crippen MR) is 116 cm³/mol. The highest BCUT2D eigenvalue weighted by Crippen LogP contribution is 2.39. The van der Waals surface area contributed by atoms with Crippen molar-refractivity contribution in [2.75, 3.05) is 0 Å². The van der Waals surface area contributed by atoms with E-state index in [-0.39, 0.29) is 23.1 Å². The minimum atomic E-state index is -4.75. The number of alkyl halides is 3. The van der Waals surface area contributed by atoms with Crippen molar-refractivity contribution in [3.63, 3.8) is 0 Å². The molecular formula is C24H15F3N2O5. The highest BCUT2D eigenvalue weighted by molar-refractivity contribution is 6.13. The molecule has 34 heavy (non-hydrogen) atoms. The third kappa shape index (κ3) is 4.65. The lowest BCUT2D eigenvalue weighted by molar-refractivity contribution is -0.385. The van der Waals surface area contributed by atoms with Gasteiger partial charge >= 0.3 is 17.8 Å². The molecule has 0 spiro atoms. The zero-order valence-electron chi connectivity index (χ0n) is 17.5. The summed E-state index contributed by atoms with van der Waals surface area (Å²) in [6.45, 7) is 1.84. The Morgan fingerprint density at radius 3 is 2.44 bits per heavy atom. The molecule has 1 aliphatic rings. The minimum Gasteiger partial charge on any atom is -0.449 e. The number of carbonyl (C=O) groups is 1. The van der Waals surface area contributed by atoms with Crippen LogP contribution in [0, 0.1) is 17.0 Å². The van der Waals surface area contributed by atoms with Gasteiger partial charge < -0.3 is 9.47 Å². The number of rotatable bonds is 5. The lowest BCUT2D eigenvalue weighted by atomic mass is 10.1. The fourth-order valence-electron chi connectivity index (χ4n) is 3.22. The van der Waals surface area contributed by atoms with E-state index in [0.717, 1.165) is 11.6 Å². The number of hydrogen-bond donors (Lipinski definition) is 0. The van der Waals surface area contributed by atoms with Crippen LogP contribution in [0.5, 0.6) is 11.5 Å². The van der Waals surface area contributed by atoms with Crippen LogP contribution in [0.3, 0.4) is 0 Å². The smallest absolute Gasteiger partial charge is 0.416 e. The van der Waals surface area contributed by atoms with Gasteiger partial charge in [0.05, 0.1) is 10.5 Å². The van der Waals surface area contributed by atoms with Crippen LogP contribution >= 0.6 is 0 Å². The van der Waals surface area contributed by atoms with Crippen molar-refractivity contribution < 1.29 is 32.4 Å². The second-order valence-electron chi connectivity index (χ2n) is 7.23. The molecule has 0 aromatic heterocycles. The Morgan fingerprint density at radius 2 is 1.74 bits per heavy atom. The maximum atomic E-state index is 13.0. The molecule has 4 rings (SSSR count). The molecule has 3 aromatic rings. The number of halogens is 3. The van der Waals surface area contributed by atoms with Gasteiger partial charge in [-0.3, -0.25) is 10.1 Å². The van der Waals surface area contributed by atoms with E-state index in [9.17, 15) is 28.1 Å². The quantitative estimate of drug-likeness (QED) is 0.197. The van der Waals surface area contributed by atoms with Crippen molar-refractivity contribution in [1.29, 1.82) is 0 Å². The van der Waals surface area contributed by atoms with Crippen LogP contribution in [-0.2, 0) is 15.7 Å². The average molecular weight is 468 g/mol. The minimum absolute atomic E-state index is 0.0313. The topological polar surface area (TPSA) is 91.0 Å². The van der Waals surface area contributed by atoms with Crippen LogP contribution < -0.4 is 4.74 Å². The number of nitro groups is 1. The molecule has 0 bridgehead atoms. The van der Waals surface area contributed by atoms with E-state index in [1.54, 1.807) is 30.3 Å². The van der Waals surface area contributed by atoms with E-state index in [0.29, 0.717) is 23.3 Å². The van der Waals surface area contributed by atoms with Gasteiger partial charge in [-0.25, -0.2) is 9.79 Å². The molecule has 0 saturated carbocycles. The van der Waals surface area contributed by atoms with Gasteiger partial charge in [0.15, 0.2) is 5.70 Å². The number of aryl methyl sites for hydroxylation is 1. The second-order valence-corrected chi connectivity index (χ2v) is 7.23. The summed E-state index contributed by atoms with van der Waals surface area (Å²) in [6.07, 6.45) is -3.37. The summed E-state index contributed by atoms with van der Waals surface area (Å²) >= 11 is 0. The van der Waals surface area contributed by atoms with Crippen LogP contribution in [0.4, 0.5) is 18.9 Å². The first-order valence-electron chi connectivity index (χ1n) is 9.84. The number of esters is 1. The van der Waals surface area contributed by atoms with E-state index in [1.807, 2.05) is 19.1 Å². The number of ether oxygens (including phenoxy) is 2. The summed E-state index contributed by atoms with van der Waals surface area (Å²) in [5.41, 5.74) is -0.237. The van der Waals surface area contributed by atoms with Crippen LogP contribution in [-0.4, -0.2) is 16.8 Å². The molecular weight excluding hydrogens is 453 g/mol. The molecule has 0 unspecified atom stereocenters. The van der Waals surface area contributed by atoms with Gasteiger partial charge in [0, 0.05) is 17.2 Å². The predicted octanol–water partition coefficient (Wildman–Crippen LogP) is 6.06. The maximum Gasteiger partial charge on any atom is 0.416 e. The molecule has 0 radical (unpaired) electrons.